The molecule has 0 atom stereocenters. The Labute approximate surface area is 231 Å². The van der Waals surface area contributed by atoms with Crippen LogP contribution in [0.1, 0.15) is 47.4 Å². The molecular weight excluding hydrogens is 495 g/mol. The van der Waals surface area contributed by atoms with Gasteiger partial charge in [0, 0.05) is 37.1 Å². The van der Waals surface area contributed by atoms with Crippen molar-refractivity contribution in [2.24, 2.45) is 10.5 Å². The molecule has 2 aromatic heterocycles. The van der Waals surface area contributed by atoms with Crippen LogP contribution in [0.3, 0.4) is 0 Å². The second-order valence-electron chi connectivity index (χ2n) is 7.79. The van der Waals surface area contributed by atoms with E-state index in [4.69, 9.17) is 15.3 Å². The number of H-pyrrole nitrogens is 2. The molecule has 0 unspecified atom stereocenters. The van der Waals surface area contributed by atoms with E-state index < -0.39 is 0 Å². The fourth-order valence-corrected chi connectivity index (χ4v) is 4.39. The fraction of sp³-hybridized carbons (Fsp3) is 0.261. The van der Waals surface area contributed by atoms with Crippen molar-refractivity contribution in [3.8, 4) is 0 Å². The first-order chi connectivity index (χ1) is 16.9. The van der Waals surface area contributed by atoms with Gasteiger partial charge in [-0.2, -0.15) is 0 Å². The summed E-state index contributed by atoms with van der Waals surface area (Å²) in [5.41, 5.74) is 3.51. The molecule has 0 aliphatic carbocycles. The maximum Gasteiger partial charge on any atom is 1.00 e. The minimum absolute atomic E-state index is 0. The molecule has 188 valence electrons. The van der Waals surface area contributed by atoms with Gasteiger partial charge in [0.2, 0.25) is 5.78 Å². The Kier molecular flexibility index (Phi) is 9.88. The number of aryl methyl sites for hydroxylation is 2. The van der Waals surface area contributed by atoms with Gasteiger partial charge in [-0.3, -0.25) is 18.7 Å². The number of oxime groups is 1. The normalized spacial score (nSPS) is 14.8. The largest absolute Gasteiger partial charge is 1.00 e. The van der Waals surface area contributed by atoms with Crippen LogP contribution < -0.4 is 40.9 Å². The molecule has 6 rings (SSSR count). The van der Waals surface area contributed by atoms with Crippen molar-refractivity contribution in [2.45, 2.75) is 39.8 Å². The summed E-state index contributed by atoms with van der Waals surface area (Å²) in [5, 5.41) is 20.8. The minimum Gasteiger partial charge on any atom is -0.444 e. The van der Waals surface area contributed by atoms with E-state index in [2.05, 4.69) is 15.1 Å². The third kappa shape index (κ3) is 5.48. The molecule has 0 saturated carbocycles. The average molecular weight is 518 g/mol. The molecule has 0 saturated heterocycles. The summed E-state index contributed by atoms with van der Waals surface area (Å²) in [6, 6.07) is 10.5. The summed E-state index contributed by atoms with van der Waals surface area (Å²) in [6.45, 7) is 0.961. The molecule has 2 aliphatic heterocycles. The van der Waals surface area contributed by atoms with E-state index in [9.17, 15) is 19.2 Å². The molecule has 4 heterocycles. The number of aromatic nitrogens is 4. The molecule has 0 amide bonds. The van der Waals surface area contributed by atoms with Crippen molar-refractivity contribution in [3.63, 3.8) is 0 Å². The van der Waals surface area contributed by atoms with Gasteiger partial charge in [0.05, 0.1) is 22.1 Å². The Morgan fingerprint density at radius 2 is 1.35 bits per heavy atom. The third-order valence-corrected chi connectivity index (χ3v) is 5.87. The number of aromatic amines is 2. The monoisotopic (exact) mass is 518 g/mol. The van der Waals surface area contributed by atoms with Crippen LogP contribution in [0.15, 0.2) is 56.5 Å². The van der Waals surface area contributed by atoms with E-state index >= 15 is 0 Å². The predicted octanol–water partition coefficient (Wildman–Crippen LogP) is -0.0570. The summed E-state index contributed by atoms with van der Waals surface area (Å²) >= 11 is 0. The molecule has 0 fully saturated rings. The van der Waals surface area contributed by atoms with E-state index in [1.54, 1.807) is 34.9 Å². The fourth-order valence-electron chi connectivity index (χ4n) is 4.39. The summed E-state index contributed by atoms with van der Waals surface area (Å²) in [6.07, 6.45) is 1.51. The van der Waals surface area contributed by atoms with Crippen molar-refractivity contribution in [3.05, 3.63) is 78.6 Å². The molecule has 14 heteroatoms. The number of carbonyl (C=O) groups is 2. The molecule has 2 aliphatic rings. The van der Waals surface area contributed by atoms with Gasteiger partial charge in [-0.15, -0.1) is 5.34 Å². The van der Waals surface area contributed by atoms with Crippen LogP contribution in [0.5, 0.6) is 0 Å². The molecule has 37 heavy (non-hydrogen) atoms. The second-order valence-corrected chi connectivity index (χ2v) is 7.79. The van der Waals surface area contributed by atoms with E-state index in [1.165, 1.54) is 4.57 Å². The zero-order valence-electron chi connectivity index (χ0n) is 19.2. The van der Waals surface area contributed by atoms with Gasteiger partial charge in [0.25, 0.3) is 0 Å². The van der Waals surface area contributed by atoms with Gasteiger partial charge in [-0.1, -0.05) is 24.7 Å². The summed E-state index contributed by atoms with van der Waals surface area (Å²) < 4.78 is 3.16. The molecule has 0 bridgehead atoms. The maximum atomic E-state index is 12.0. The van der Waals surface area contributed by atoms with Crippen molar-refractivity contribution < 1.29 is 44.4 Å². The molecule has 4 aromatic rings. The van der Waals surface area contributed by atoms with Crippen molar-refractivity contribution in [1.29, 1.82) is 0 Å². The van der Waals surface area contributed by atoms with Gasteiger partial charge >= 0.3 is 40.9 Å². The maximum absolute atomic E-state index is 12.0. The number of hydrogen-bond acceptors (Lipinski definition) is 9. The summed E-state index contributed by atoms with van der Waals surface area (Å²) in [7, 11) is 0. The van der Waals surface area contributed by atoms with Crippen LogP contribution in [0.4, 0.5) is 0 Å². The van der Waals surface area contributed by atoms with Crippen LogP contribution in [0.2, 0.25) is 0 Å². The number of carbonyl (C=O) groups excluding carboxylic acids is 2. The Bertz CT molecular complexity index is 1610. The van der Waals surface area contributed by atoms with Crippen LogP contribution in [-0.2, 0) is 13.1 Å². The number of hydrogen-bond donors (Lipinski definition) is 3. The molecular formula is C23H23N6NaO7. The standard InChI is InChI=1S/C11H9N3O3.C11H10N2O2.CH4.HNO2.Na/c15-10-6-2-1-3-7-9(6)14(11(16)12-7)5-4-8(10)13-17;14-9-5-2-6-13-10-7(9)3-1-4-8(10)12-11(13)15;;2-1-3;/h1-3,17H,4-5H2,(H,12,16);1,3-4H,2,5-6H2,(H,12,15);1H4;(H,2,3);/q;;;;+1/p-1/b13-8-;;;;. The molecule has 0 spiro atoms. The van der Waals surface area contributed by atoms with Crippen molar-refractivity contribution in [2.75, 3.05) is 0 Å². The predicted molar refractivity (Wildman–Crippen MR) is 133 cm³/mol. The zero-order chi connectivity index (χ0) is 25.1. The number of nitrogens with one attached hydrogen (secondary N) is 2. The first-order valence-electron chi connectivity index (χ1n) is 10.6. The molecule has 3 N–H and O–H groups in total. The number of imidazole rings is 2. The number of ketones is 2. The van der Waals surface area contributed by atoms with Gasteiger partial charge in [-0.05, 0) is 30.7 Å². The molecule has 2 aromatic carbocycles. The van der Waals surface area contributed by atoms with Crippen molar-refractivity contribution >= 4 is 39.3 Å². The second kappa shape index (κ2) is 12.4. The first-order valence-corrected chi connectivity index (χ1v) is 10.6. The third-order valence-electron chi connectivity index (χ3n) is 5.87. The number of benzene rings is 2. The quantitative estimate of drug-likeness (QED) is 0.125. The number of rotatable bonds is 0. The van der Waals surface area contributed by atoms with Gasteiger partial charge in [0.15, 0.2) is 5.78 Å². The van der Waals surface area contributed by atoms with E-state index in [0.29, 0.717) is 41.7 Å². The first kappa shape index (κ1) is 29.4. The van der Waals surface area contributed by atoms with Gasteiger partial charge in [0.1, 0.15) is 5.71 Å². The smallest absolute Gasteiger partial charge is 0.444 e. The van der Waals surface area contributed by atoms with Gasteiger partial charge in [-0.25, -0.2) is 9.59 Å². The minimum atomic E-state index is -0.330. The summed E-state index contributed by atoms with van der Waals surface area (Å²) in [4.78, 5) is 60.6. The van der Waals surface area contributed by atoms with E-state index in [0.717, 1.165) is 22.8 Å². The van der Waals surface area contributed by atoms with Crippen LogP contribution >= 0.6 is 0 Å². The van der Waals surface area contributed by atoms with Gasteiger partial charge < -0.3 is 25.3 Å². The number of Topliss-reactive ketones (excluding diaryl/α,β-unsaturated/α-hetero) is 2. The summed E-state index contributed by atoms with van der Waals surface area (Å²) in [5.74, 6) is -0.200. The Morgan fingerprint density at radius 3 is 1.92 bits per heavy atom. The Morgan fingerprint density at radius 1 is 0.838 bits per heavy atom. The van der Waals surface area contributed by atoms with E-state index in [-0.39, 0.29) is 72.1 Å². The topological polar surface area (TPSA) is 195 Å². The Balaban J connectivity index is 0.000000226. The number of nitrogens with zero attached hydrogens (tertiary/aromatic N) is 4. The van der Waals surface area contributed by atoms with Crippen molar-refractivity contribution in [1.82, 2.24) is 19.1 Å². The average Bonchev–Trinajstić information content (AvgIpc) is 3.21. The Hall–Kier alpha value is -3.81. The molecule has 0 radical (unpaired) electrons. The van der Waals surface area contributed by atoms with Crippen LogP contribution in [0, 0.1) is 10.1 Å². The van der Waals surface area contributed by atoms with Crippen LogP contribution in [0.25, 0.3) is 22.1 Å². The SMILES string of the molecule is C.O=C1/C(=N\O)CCn2c(=O)[nH]c3cccc1c32.O=C1CCCn2c(=O)[nH]c3cccc1c32.O=N[O-].[Na+]. The molecule has 13 nitrogen and oxygen atoms in total. The number of para-hydroxylation sites is 2. The van der Waals surface area contributed by atoms with Crippen LogP contribution in [-0.4, -0.2) is 41.6 Å². The van der Waals surface area contributed by atoms with E-state index in [1.807, 2.05) is 6.07 Å². The zero-order valence-corrected chi connectivity index (χ0v) is 21.2.